The number of hydrogen-bond donors (Lipinski definition) is 1. The molecule has 42 heavy (non-hydrogen) atoms. The Kier molecular flexibility index (Phi) is 8.86. The standard InChI is InChI=1S/C27H25F6N3O4S2/c1-25(27(31,32)33,40-24(37)26(28,29)30)19-6-8-20(9-7-19)36-15-14-35(17-21(36)16-18-10-12-34-13-11-18)42(38,39)23-5-3-2-4-22(23)41/h2-13,21,41H,14-17H2,1H3/t21-,25+/m0/s1. The van der Waals surface area contributed by atoms with Crippen LogP contribution in [0.4, 0.5) is 32.0 Å². The molecule has 4 rings (SSSR count). The van der Waals surface area contributed by atoms with Crippen LogP contribution in [-0.2, 0) is 31.6 Å². The van der Waals surface area contributed by atoms with Gasteiger partial charge in [0.15, 0.2) is 0 Å². The fourth-order valence-electron chi connectivity index (χ4n) is 4.66. The smallest absolute Gasteiger partial charge is 0.438 e. The zero-order valence-electron chi connectivity index (χ0n) is 21.9. The van der Waals surface area contributed by atoms with Gasteiger partial charge in [0.2, 0.25) is 15.6 Å². The average Bonchev–Trinajstić information content (AvgIpc) is 2.92. The average molecular weight is 634 g/mol. The van der Waals surface area contributed by atoms with Gasteiger partial charge in [0, 0.05) is 54.2 Å². The van der Waals surface area contributed by atoms with Crippen LogP contribution in [0.5, 0.6) is 0 Å². The van der Waals surface area contributed by atoms with Crippen molar-refractivity contribution >= 4 is 34.3 Å². The molecule has 0 radical (unpaired) electrons. The van der Waals surface area contributed by atoms with Gasteiger partial charge in [-0.1, -0.05) is 24.3 Å². The van der Waals surface area contributed by atoms with Crippen molar-refractivity contribution in [1.82, 2.24) is 9.29 Å². The zero-order valence-corrected chi connectivity index (χ0v) is 23.6. The van der Waals surface area contributed by atoms with Gasteiger partial charge in [0.25, 0.3) is 0 Å². The van der Waals surface area contributed by atoms with E-state index in [1.165, 1.54) is 22.5 Å². The van der Waals surface area contributed by atoms with Crippen LogP contribution in [-0.4, -0.2) is 61.7 Å². The summed E-state index contributed by atoms with van der Waals surface area (Å²) in [5.74, 6) is -2.97. The maximum atomic E-state index is 13.9. The molecule has 7 nitrogen and oxygen atoms in total. The van der Waals surface area contributed by atoms with Gasteiger partial charge >= 0.3 is 18.3 Å². The molecule has 1 aromatic heterocycles. The number of carbonyl (C=O) groups is 1. The van der Waals surface area contributed by atoms with Crippen molar-refractivity contribution < 1.29 is 44.3 Å². The number of pyridine rings is 1. The van der Waals surface area contributed by atoms with Crippen molar-refractivity contribution in [2.24, 2.45) is 0 Å². The third-order valence-corrected chi connectivity index (χ3v) is 9.43. The van der Waals surface area contributed by atoms with Crippen LogP contribution >= 0.6 is 12.6 Å². The minimum absolute atomic E-state index is 0.0258. The predicted molar refractivity (Wildman–Crippen MR) is 144 cm³/mol. The Morgan fingerprint density at radius 1 is 0.976 bits per heavy atom. The van der Waals surface area contributed by atoms with Crippen LogP contribution in [0.1, 0.15) is 18.1 Å². The van der Waals surface area contributed by atoms with Gasteiger partial charge in [-0.3, -0.25) is 4.98 Å². The van der Waals surface area contributed by atoms with Gasteiger partial charge in [-0.25, -0.2) is 13.2 Å². The normalized spacial score (nSPS) is 18.4. The summed E-state index contributed by atoms with van der Waals surface area (Å²) in [6.45, 7) is 0.573. The van der Waals surface area contributed by atoms with Crippen LogP contribution in [0.25, 0.3) is 0 Å². The first-order valence-corrected chi connectivity index (χ1v) is 14.3. The monoisotopic (exact) mass is 633 g/mol. The molecule has 0 spiro atoms. The highest BCUT2D eigenvalue weighted by molar-refractivity contribution is 7.90. The Labute approximate surface area is 243 Å². The van der Waals surface area contributed by atoms with Crippen LogP contribution in [0.2, 0.25) is 0 Å². The molecule has 0 bridgehead atoms. The largest absolute Gasteiger partial charge is 0.490 e. The summed E-state index contributed by atoms with van der Waals surface area (Å²) in [7, 11) is -3.94. The van der Waals surface area contributed by atoms with Crippen molar-refractivity contribution in [3.63, 3.8) is 0 Å². The molecule has 1 aliphatic heterocycles. The molecule has 0 saturated carbocycles. The molecule has 2 atom stereocenters. The number of ether oxygens (including phenoxy) is 1. The number of anilines is 1. The van der Waals surface area contributed by atoms with Gasteiger partial charge in [0.05, 0.1) is 4.90 Å². The van der Waals surface area contributed by atoms with Crippen molar-refractivity contribution in [2.45, 2.75) is 47.1 Å². The molecule has 0 aliphatic carbocycles. The minimum atomic E-state index is -5.62. The third kappa shape index (κ3) is 6.52. The van der Waals surface area contributed by atoms with Gasteiger partial charge < -0.3 is 9.64 Å². The SMILES string of the molecule is C[C@@](OC(=O)C(F)(F)F)(c1ccc(N2CCN(S(=O)(=O)c3ccccc3S)C[C@@H]2Cc2ccncc2)cc1)C(F)(F)F. The fourth-order valence-corrected chi connectivity index (χ4v) is 6.72. The first kappa shape index (κ1) is 31.6. The molecule has 226 valence electrons. The third-order valence-electron chi connectivity index (χ3n) is 6.97. The van der Waals surface area contributed by atoms with Gasteiger partial charge in [-0.05, 0) is 55.3 Å². The number of carbonyl (C=O) groups excluding carboxylic acids is 1. The highest BCUT2D eigenvalue weighted by Crippen LogP contribution is 2.44. The molecule has 2 aromatic carbocycles. The summed E-state index contributed by atoms with van der Waals surface area (Å²) in [6.07, 6.45) is -7.49. The summed E-state index contributed by atoms with van der Waals surface area (Å²) in [6, 6.07) is 13.7. The van der Waals surface area contributed by atoms with E-state index in [4.69, 9.17) is 0 Å². The van der Waals surface area contributed by atoms with E-state index in [1.807, 2.05) is 4.90 Å². The second-order valence-electron chi connectivity index (χ2n) is 9.70. The molecule has 0 unspecified atom stereocenters. The molecule has 2 heterocycles. The molecule has 15 heteroatoms. The van der Waals surface area contributed by atoms with E-state index in [1.54, 1.807) is 42.7 Å². The second kappa shape index (κ2) is 11.8. The summed E-state index contributed by atoms with van der Waals surface area (Å²) in [4.78, 5) is 17.5. The second-order valence-corrected chi connectivity index (χ2v) is 12.1. The molecule has 1 saturated heterocycles. The molecule has 0 N–H and O–H groups in total. The predicted octanol–water partition coefficient (Wildman–Crippen LogP) is 5.38. The number of esters is 1. The van der Waals surface area contributed by atoms with E-state index >= 15 is 0 Å². The summed E-state index contributed by atoms with van der Waals surface area (Å²) >= 11 is 4.28. The number of halogens is 6. The van der Waals surface area contributed by atoms with E-state index in [0.29, 0.717) is 19.0 Å². The Balaban J connectivity index is 1.66. The number of hydrogen-bond acceptors (Lipinski definition) is 7. The summed E-state index contributed by atoms with van der Waals surface area (Å²) in [5.41, 5.74) is -3.05. The quantitative estimate of drug-likeness (QED) is 0.214. The first-order valence-electron chi connectivity index (χ1n) is 12.4. The molecule has 1 aliphatic rings. The lowest BCUT2D eigenvalue weighted by Gasteiger charge is -2.42. The number of sulfonamides is 1. The number of nitrogens with zero attached hydrogens (tertiary/aromatic N) is 3. The van der Waals surface area contributed by atoms with Crippen LogP contribution in [0, 0.1) is 0 Å². The van der Waals surface area contributed by atoms with Crippen molar-refractivity contribution in [2.75, 3.05) is 24.5 Å². The van der Waals surface area contributed by atoms with E-state index in [0.717, 1.165) is 17.7 Å². The lowest BCUT2D eigenvalue weighted by atomic mass is 9.94. The molecule has 0 amide bonds. The van der Waals surface area contributed by atoms with Gasteiger partial charge in [-0.2, -0.15) is 30.6 Å². The number of alkyl halides is 6. The Morgan fingerprint density at radius 3 is 2.17 bits per heavy atom. The maximum absolute atomic E-state index is 13.9. The highest BCUT2D eigenvalue weighted by atomic mass is 32.2. The van der Waals surface area contributed by atoms with Gasteiger partial charge in [0.1, 0.15) is 0 Å². The summed E-state index contributed by atoms with van der Waals surface area (Å²) in [5, 5.41) is 0. The van der Waals surface area contributed by atoms with E-state index in [2.05, 4.69) is 22.3 Å². The Bertz CT molecular complexity index is 1520. The van der Waals surface area contributed by atoms with E-state index in [9.17, 15) is 39.6 Å². The van der Waals surface area contributed by atoms with Gasteiger partial charge in [-0.15, -0.1) is 12.6 Å². The van der Waals surface area contributed by atoms with Crippen molar-refractivity contribution in [3.05, 3.63) is 84.2 Å². The van der Waals surface area contributed by atoms with E-state index < -0.39 is 45.6 Å². The minimum Gasteiger partial charge on any atom is -0.438 e. The van der Waals surface area contributed by atoms with Crippen LogP contribution < -0.4 is 4.90 Å². The van der Waals surface area contributed by atoms with Crippen LogP contribution in [0.15, 0.2) is 82.8 Å². The number of piperazine rings is 1. The molecule has 3 aromatic rings. The fraction of sp³-hybridized carbons (Fsp3) is 0.333. The van der Waals surface area contributed by atoms with Crippen LogP contribution in [0.3, 0.4) is 0 Å². The lowest BCUT2D eigenvalue weighted by Crippen LogP contribution is -2.55. The number of benzene rings is 2. The maximum Gasteiger partial charge on any atom is 0.490 e. The zero-order chi connectivity index (χ0) is 30.9. The van der Waals surface area contributed by atoms with Crippen molar-refractivity contribution in [1.29, 1.82) is 0 Å². The number of thiol groups is 1. The topological polar surface area (TPSA) is 79.8 Å². The molecular weight excluding hydrogens is 608 g/mol. The number of rotatable bonds is 7. The highest BCUT2D eigenvalue weighted by Gasteiger charge is 2.59. The first-order chi connectivity index (χ1) is 19.5. The Morgan fingerprint density at radius 2 is 1.60 bits per heavy atom. The lowest BCUT2D eigenvalue weighted by molar-refractivity contribution is -0.285. The van der Waals surface area contributed by atoms with Crippen molar-refractivity contribution in [3.8, 4) is 0 Å². The molecule has 1 fully saturated rings. The Hall–Kier alpha value is -3.30. The molecular formula is C27H25F6N3O4S2. The summed E-state index contributed by atoms with van der Waals surface area (Å²) < 4.78 is 112. The number of aromatic nitrogens is 1. The van der Waals surface area contributed by atoms with E-state index in [-0.39, 0.29) is 29.4 Å².